The maximum atomic E-state index is 12.9. The minimum atomic E-state index is -0.217. The fourth-order valence-electron chi connectivity index (χ4n) is 3.60. The van der Waals surface area contributed by atoms with E-state index in [4.69, 9.17) is 11.6 Å². The van der Waals surface area contributed by atoms with Gasteiger partial charge in [0.1, 0.15) is 12.4 Å². The van der Waals surface area contributed by atoms with E-state index >= 15 is 0 Å². The highest BCUT2D eigenvalue weighted by Gasteiger charge is 2.26. The third-order valence-corrected chi connectivity index (χ3v) is 5.17. The summed E-state index contributed by atoms with van der Waals surface area (Å²) in [5.41, 5.74) is 1.14. The molecule has 0 spiro atoms. The average Bonchev–Trinajstić information content (AvgIpc) is 2.63. The summed E-state index contributed by atoms with van der Waals surface area (Å²) in [5.74, 6) is 0.462. The normalized spacial score (nSPS) is 17.3. The second-order valence-electron chi connectivity index (χ2n) is 6.80. The quantitative estimate of drug-likeness (QED) is 0.821. The van der Waals surface area contributed by atoms with Crippen molar-refractivity contribution < 1.29 is 4.79 Å². The Bertz CT molecular complexity index is 862. The van der Waals surface area contributed by atoms with Gasteiger partial charge in [0.15, 0.2) is 0 Å². The summed E-state index contributed by atoms with van der Waals surface area (Å²) in [4.78, 5) is 32.0. The molecule has 1 fully saturated rings. The Morgan fingerprint density at radius 2 is 2.12 bits per heavy atom. The molecule has 1 aliphatic rings. The zero-order valence-corrected chi connectivity index (χ0v) is 16.0. The Morgan fingerprint density at radius 3 is 2.85 bits per heavy atom. The number of likely N-dealkylation sites (tertiary alicyclic amines) is 1. The lowest BCUT2D eigenvalue weighted by atomic mass is 10.00. The van der Waals surface area contributed by atoms with Crippen LogP contribution in [-0.4, -0.2) is 32.9 Å². The van der Waals surface area contributed by atoms with E-state index in [9.17, 15) is 9.59 Å². The lowest BCUT2D eigenvalue weighted by molar-refractivity contribution is -0.135. The maximum Gasteiger partial charge on any atom is 0.254 e. The second-order valence-corrected chi connectivity index (χ2v) is 7.24. The van der Waals surface area contributed by atoms with Gasteiger partial charge in [-0.25, -0.2) is 4.98 Å². The molecule has 3 rings (SSSR count). The molecule has 0 radical (unpaired) electrons. The molecule has 6 heteroatoms. The van der Waals surface area contributed by atoms with Crippen molar-refractivity contribution >= 4 is 17.5 Å². The van der Waals surface area contributed by atoms with Crippen molar-refractivity contribution in [2.45, 2.75) is 52.1 Å². The first-order chi connectivity index (χ1) is 12.5. The van der Waals surface area contributed by atoms with Crippen LogP contribution in [-0.2, 0) is 11.3 Å². The SMILES string of the molecule is CC[C@H]1CCCCN1C(=O)Cn1c(-c2cccc(Cl)c2)nc(C)cc1=O. The summed E-state index contributed by atoms with van der Waals surface area (Å²) < 4.78 is 1.46. The number of nitrogens with zero attached hydrogens (tertiary/aromatic N) is 3. The lowest BCUT2D eigenvalue weighted by Crippen LogP contribution is -2.46. The van der Waals surface area contributed by atoms with Crippen LogP contribution in [0.4, 0.5) is 0 Å². The van der Waals surface area contributed by atoms with Gasteiger partial charge in [0, 0.05) is 34.9 Å². The van der Waals surface area contributed by atoms with Crippen LogP contribution in [0, 0.1) is 6.92 Å². The molecular weight excluding hydrogens is 350 g/mol. The molecule has 0 unspecified atom stereocenters. The van der Waals surface area contributed by atoms with E-state index in [0.29, 0.717) is 16.5 Å². The van der Waals surface area contributed by atoms with Gasteiger partial charge in [-0.05, 0) is 44.7 Å². The molecule has 1 atom stereocenters. The molecule has 2 heterocycles. The fraction of sp³-hybridized carbons (Fsp3) is 0.450. The minimum absolute atomic E-state index is 0.00442. The van der Waals surface area contributed by atoms with Crippen LogP contribution in [0.15, 0.2) is 35.1 Å². The summed E-state index contributed by atoms with van der Waals surface area (Å²) in [7, 11) is 0. The van der Waals surface area contributed by atoms with Crippen molar-refractivity contribution in [2.75, 3.05) is 6.54 Å². The summed E-state index contributed by atoms with van der Waals surface area (Å²) >= 11 is 6.10. The molecular formula is C20H24ClN3O2. The topological polar surface area (TPSA) is 55.2 Å². The number of amides is 1. The van der Waals surface area contributed by atoms with E-state index in [-0.39, 0.29) is 24.1 Å². The van der Waals surface area contributed by atoms with Crippen molar-refractivity contribution in [3.05, 3.63) is 51.4 Å². The highest BCUT2D eigenvalue weighted by atomic mass is 35.5. The van der Waals surface area contributed by atoms with Crippen LogP contribution < -0.4 is 5.56 Å². The van der Waals surface area contributed by atoms with Gasteiger partial charge in [-0.2, -0.15) is 0 Å². The highest BCUT2D eigenvalue weighted by molar-refractivity contribution is 6.30. The number of hydrogen-bond acceptors (Lipinski definition) is 3. The molecule has 1 aromatic heterocycles. The lowest BCUT2D eigenvalue weighted by Gasteiger charge is -2.35. The van der Waals surface area contributed by atoms with Crippen LogP contribution in [0.25, 0.3) is 11.4 Å². The molecule has 0 aliphatic carbocycles. The average molecular weight is 374 g/mol. The van der Waals surface area contributed by atoms with Crippen LogP contribution >= 0.6 is 11.6 Å². The molecule has 0 saturated carbocycles. The van der Waals surface area contributed by atoms with E-state index in [1.807, 2.05) is 17.0 Å². The van der Waals surface area contributed by atoms with Crippen LogP contribution in [0.2, 0.25) is 5.02 Å². The summed E-state index contributed by atoms with van der Waals surface area (Å²) in [5, 5.41) is 0.568. The standard InChI is InChI=1S/C20H24ClN3O2/c1-3-17-9-4-5-10-23(17)19(26)13-24-18(25)11-14(2)22-20(24)15-7-6-8-16(21)12-15/h6-8,11-12,17H,3-5,9-10,13H2,1-2H3/t17-/m0/s1. The second kappa shape index (κ2) is 8.04. The number of hydrogen-bond donors (Lipinski definition) is 0. The number of rotatable bonds is 4. The number of piperidine rings is 1. The van der Waals surface area contributed by atoms with Gasteiger partial charge in [-0.1, -0.05) is 30.7 Å². The van der Waals surface area contributed by atoms with Crippen molar-refractivity contribution in [3.63, 3.8) is 0 Å². The van der Waals surface area contributed by atoms with Crippen molar-refractivity contribution in [1.82, 2.24) is 14.5 Å². The molecule has 0 N–H and O–H groups in total. The molecule has 26 heavy (non-hydrogen) atoms. The van der Waals surface area contributed by atoms with Gasteiger partial charge in [-0.15, -0.1) is 0 Å². The number of aryl methyl sites for hydroxylation is 1. The highest BCUT2D eigenvalue weighted by Crippen LogP contribution is 2.22. The van der Waals surface area contributed by atoms with E-state index < -0.39 is 0 Å². The number of aromatic nitrogens is 2. The Labute approximate surface area is 158 Å². The number of carbonyl (C=O) groups excluding carboxylic acids is 1. The Balaban J connectivity index is 1.97. The first-order valence-corrected chi connectivity index (χ1v) is 9.51. The largest absolute Gasteiger partial charge is 0.338 e. The summed E-state index contributed by atoms with van der Waals surface area (Å²) in [6.07, 6.45) is 4.14. The van der Waals surface area contributed by atoms with Crippen LogP contribution in [0.5, 0.6) is 0 Å². The minimum Gasteiger partial charge on any atom is -0.338 e. The van der Waals surface area contributed by atoms with Crippen molar-refractivity contribution in [1.29, 1.82) is 0 Å². The first-order valence-electron chi connectivity index (χ1n) is 9.13. The first kappa shape index (κ1) is 18.6. The zero-order chi connectivity index (χ0) is 18.7. The molecule has 0 bridgehead atoms. The summed E-state index contributed by atoms with van der Waals surface area (Å²) in [6, 6.07) is 8.93. The van der Waals surface area contributed by atoms with Crippen molar-refractivity contribution in [3.8, 4) is 11.4 Å². The maximum absolute atomic E-state index is 12.9. The molecule has 2 aromatic rings. The van der Waals surface area contributed by atoms with E-state index in [2.05, 4.69) is 11.9 Å². The van der Waals surface area contributed by atoms with E-state index in [0.717, 1.165) is 37.8 Å². The van der Waals surface area contributed by atoms with Gasteiger partial charge in [0.05, 0.1) is 0 Å². The predicted octanol–water partition coefficient (Wildman–Crippen LogP) is 3.66. The number of carbonyl (C=O) groups is 1. The molecule has 138 valence electrons. The monoisotopic (exact) mass is 373 g/mol. The zero-order valence-electron chi connectivity index (χ0n) is 15.2. The number of benzene rings is 1. The Hall–Kier alpha value is -2.14. The third kappa shape index (κ3) is 3.98. The number of halogens is 1. The van der Waals surface area contributed by atoms with Crippen molar-refractivity contribution in [2.24, 2.45) is 0 Å². The van der Waals surface area contributed by atoms with Crippen LogP contribution in [0.3, 0.4) is 0 Å². The fourth-order valence-corrected chi connectivity index (χ4v) is 3.79. The van der Waals surface area contributed by atoms with Gasteiger partial charge < -0.3 is 4.90 Å². The van der Waals surface area contributed by atoms with Crippen LogP contribution in [0.1, 0.15) is 38.3 Å². The molecule has 1 saturated heterocycles. The predicted molar refractivity (Wildman–Crippen MR) is 103 cm³/mol. The van der Waals surface area contributed by atoms with Gasteiger partial charge in [-0.3, -0.25) is 14.2 Å². The molecule has 1 aliphatic heterocycles. The smallest absolute Gasteiger partial charge is 0.254 e. The Morgan fingerprint density at radius 1 is 1.31 bits per heavy atom. The van der Waals surface area contributed by atoms with Gasteiger partial charge in [0.25, 0.3) is 5.56 Å². The van der Waals surface area contributed by atoms with Gasteiger partial charge >= 0.3 is 0 Å². The molecule has 1 amide bonds. The van der Waals surface area contributed by atoms with E-state index in [1.165, 1.54) is 10.6 Å². The molecule has 1 aromatic carbocycles. The van der Waals surface area contributed by atoms with E-state index in [1.54, 1.807) is 19.1 Å². The summed E-state index contributed by atoms with van der Waals surface area (Å²) in [6.45, 7) is 4.65. The third-order valence-electron chi connectivity index (χ3n) is 4.93. The van der Waals surface area contributed by atoms with Gasteiger partial charge in [0.2, 0.25) is 5.91 Å². The Kier molecular flexibility index (Phi) is 5.77. The molecule has 5 nitrogen and oxygen atoms in total.